The summed E-state index contributed by atoms with van der Waals surface area (Å²) in [6.45, 7) is 10.6. The summed E-state index contributed by atoms with van der Waals surface area (Å²) in [6, 6.07) is 19.6. The zero-order chi connectivity index (χ0) is 23.9. The zero-order valence-electron chi connectivity index (χ0n) is 20.8. The SMILES string of the molecule is CCC(N)CCc1ccc2c(n1)[nH]c1ccc(-c3ccc(OCCCN(CC)CC)cc3)cc12. The molecule has 5 nitrogen and oxygen atoms in total. The van der Waals surface area contributed by atoms with Gasteiger partial charge in [0.05, 0.1) is 6.61 Å². The van der Waals surface area contributed by atoms with Crippen molar-refractivity contribution < 1.29 is 4.74 Å². The third-order valence-corrected chi connectivity index (χ3v) is 6.78. The second kappa shape index (κ2) is 11.5. The van der Waals surface area contributed by atoms with Gasteiger partial charge in [0.1, 0.15) is 11.4 Å². The van der Waals surface area contributed by atoms with Crippen LogP contribution in [-0.2, 0) is 6.42 Å². The molecular formula is C29H38N4O. The molecule has 2 aromatic carbocycles. The largest absolute Gasteiger partial charge is 0.494 e. The molecule has 1 unspecified atom stereocenters. The van der Waals surface area contributed by atoms with E-state index in [-0.39, 0.29) is 6.04 Å². The number of aromatic amines is 1. The molecule has 1 atom stereocenters. The van der Waals surface area contributed by atoms with E-state index in [0.29, 0.717) is 0 Å². The van der Waals surface area contributed by atoms with E-state index in [1.807, 2.05) is 0 Å². The van der Waals surface area contributed by atoms with Gasteiger partial charge in [0.25, 0.3) is 0 Å². The zero-order valence-corrected chi connectivity index (χ0v) is 20.8. The molecule has 0 bridgehead atoms. The van der Waals surface area contributed by atoms with Gasteiger partial charge >= 0.3 is 0 Å². The van der Waals surface area contributed by atoms with Gasteiger partial charge < -0.3 is 20.4 Å². The molecule has 0 radical (unpaired) electrons. The molecular weight excluding hydrogens is 420 g/mol. The van der Waals surface area contributed by atoms with Crippen LogP contribution in [0.15, 0.2) is 54.6 Å². The molecule has 34 heavy (non-hydrogen) atoms. The molecule has 180 valence electrons. The Morgan fingerprint density at radius 2 is 1.71 bits per heavy atom. The number of H-pyrrole nitrogens is 1. The van der Waals surface area contributed by atoms with E-state index in [2.05, 4.69) is 85.3 Å². The highest BCUT2D eigenvalue weighted by Gasteiger charge is 2.09. The number of nitrogens with two attached hydrogens (primary N) is 1. The van der Waals surface area contributed by atoms with Crippen molar-refractivity contribution >= 4 is 21.9 Å². The average Bonchev–Trinajstić information content (AvgIpc) is 3.24. The van der Waals surface area contributed by atoms with Crippen LogP contribution >= 0.6 is 0 Å². The average molecular weight is 459 g/mol. The molecule has 0 saturated heterocycles. The van der Waals surface area contributed by atoms with E-state index < -0.39 is 0 Å². The van der Waals surface area contributed by atoms with Gasteiger partial charge in [-0.2, -0.15) is 0 Å². The van der Waals surface area contributed by atoms with E-state index in [1.54, 1.807) is 0 Å². The predicted octanol–water partition coefficient (Wildman–Crippen LogP) is 6.16. The van der Waals surface area contributed by atoms with Gasteiger partial charge in [-0.05, 0) is 86.3 Å². The second-order valence-electron chi connectivity index (χ2n) is 9.04. The number of nitrogens with one attached hydrogen (secondary N) is 1. The van der Waals surface area contributed by atoms with E-state index in [9.17, 15) is 0 Å². The quantitative estimate of drug-likeness (QED) is 0.249. The van der Waals surface area contributed by atoms with Crippen LogP contribution in [-0.4, -0.2) is 47.2 Å². The van der Waals surface area contributed by atoms with Gasteiger partial charge in [0, 0.05) is 34.6 Å². The van der Waals surface area contributed by atoms with Crippen LogP contribution in [0.2, 0.25) is 0 Å². The van der Waals surface area contributed by atoms with Crippen LogP contribution in [0.5, 0.6) is 5.75 Å². The van der Waals surface area contributed by atoms with Crippen molar-refractivity contribution in [2.24, 2.45) is 5.73 Å². The number of ether oxygens (including phenoxy) is 1. The minimum atomic E-state index is 0.243. The molecule has 4 rings (SSSR count). The number of pyridine rings is 1. The second-order valence-corrected chi connectivity index (χ2v) is 9.04. The van der Waals surface area contributed by atoms with Crippen LogP contribution in [0.1, 0.15) is 45.7 Å². The molecule has 5 heteroatoms. The highest BCUT2D eigenvalue weighted by molar-refractivity contribution is 6.07. The third-order valence-electron chi connectivity index (χ3n) is 6.78. The Morgan fingerprint density at radius 3 is 2.44 bits per heavy atom. The Bertz CT molecular complexity index is 1190. The van der Waals surface area contributed by atoms with Gasteiger partial charge in [-0.1, -0.05) is 39.0 Å². The van der Waals surface area contributed by atoms with Crippen molar-refractivity contribution in [2.75, 3.05) is 26.2 Å². The Balaban J connectivity index is 1.45. The Labute approximate surface area is 203 Å². The van der Waals surface area contributed by atoms with Gasteiger partial charge in [0.2, 0.25) is 0 Å². The number of rotatable bonds is 12. The smallest absolute Gasteiger partial charge is 0.138 e. The lowest BCUT2D eigenvalue weighted by atomic mass is 10.0. The molecule has 0 spiro atoms. The van der Waals surface area contributed by atoms with Gasteiger partial charge in [-0.3, -0.25) is 0 Å². The van der Waals surface area contributed by atoms with E-state index in [1.165, 1.54) is 16.5 Å². The minimum absolute atomic E-state index is 0.243. The minimum Gasteiger partial charge on any atom is -0.494 e. The number of aryl methyl sites for hydroxylation is 1. The lowest BCUT2D eigenvalue weighted by Gasteiger charge is -2.17. The Hall–Kier alpha value is -2.89. The molecule has 0 aliphatic rings. The van der Waals surface area contributed by atoms with Crippen molar-refractivity contribution in [3.05, 3.63) is 60.3 Å². The molecule has 2 heterocycles. The summed E-state index contributed by atoms with van der Waals surface area (Å²) in [7, 11) is 0. The van der Waals surface area contributed by atoms with Crippen LogP contribution < -0.4 is 10.5 Å². The van der Waals surface area contributed by atoms with E-state index >= 15 is 0 Å². The number of hydrogen-bond acceptors (Lipinski definition) is 4. The number of benzene rings is 2. The molecule has 3 N–H and O–H groups in total. The monoisotopic (exact) mass is 458 g/mol. The van der Waals surface area contributed by atoms with E-state index in [4.69, 9.17) is 15.5 Å². The van der Waals surface area contributed by atoms with Crippen LogP contribution in [0, 0.1) is 0 Å². The first kappa shape index (κ1) is 24.2. The van der Waals surface area contributed by atoms with Crippen molar-refractivity contribution in [3.8, 4) is 16.9 Å². The highest BCUT2D eigenvalue weighted by Crippen LogP contribution is 2.30. The predicted molar refractivity (Wildman–Crippen MR) is 144 cm³/mol. The fraction of sp³-hybridized carbons (Fsp3) is 0.414. The maximum absolute atomic E-state index is 6.08. The maximum Gasteiger partial charge on any atom is 0.138 e. The Morgan fingerprint density at radius 1 is 0.941 bits per heavy atom. The summed E-state index contributed by atoms with van der Waals surface area (Å²) in [5.41, 5.74) is 11.6. The molecule has 4 aromatic rings. The lowest BCUT2D eigenvalue weighted by Crippen LogP contribution is -2.25. The third kappa shape index (κ3) is 5.78. The summed E-state index contributed by atoms with van der Waals surface area (Å²) in [6.07, 6.45) is 3.92. The first-order valence-electron chi connectivity index (χ1n) is 12.7. The normalized spacial score (nSPS) is 12.6. The van der Waals surface area contributed by atoms with Crippen molar-refractivity contribution in [1.29, 1.82) is 0 Å². The summed E-state index contributed by atoms with van der Waals surface area (Å²) in [5, 5.41) is 2.36. The molecule has 0 aliphatic carbocycles. The number of fused-ring (bicyclic) bond motifs is 3. The van der Waals surface area contributed by atoms with Crippen LogP contribution in [0.3, 0.4) is 0 Å². The summed E-state index contributed by atoms with van der Waals surface area (Å²) in [5.74, 6) is 0.927. The van der Waals surface area contributed by atoms with Gasteiger partial charge in [-0.25, -0.2) is 4.98 Å². The van der Waals surface area contributed by atoms with Crippen molar-refractivity contribution in [2.45, 2.75) is 52.5 Å². The fourth-order valence-corrected chi connectivity index (χ4v) is 4.43. The summed E-state index contributed by atoms with van der Waals surface area (Å²) in [4.78, 5) is 10.8. The van der Waals surface area contributed by atoms with E-state index in [0.717, 1.165) is 79.9 Å². The highest BCUT2D eigenvalue weighted by atomic mass is 16.5. The topological polar surface area (TPSA) is 67.2 Å². The Kier molecular flexibility index (Phi) is 8.20. The fourth-order valence-electron chi connectivity index (χ4n) is 4.43. The molecule has 0 saturated carbocycles. The summed E-state index contributed by atoms with van der Waals surface area (Å²) >= 11 is 0. The van der Waals surface area contributed by atoms with Crippen molar-refractivity contribution in [3.63, 3.8) is 0 Å². The standard InChI is InChI=1S/C29H38N4O/c1-4-23(30)11-12-24-13-16-26-27-20-22(10-17-28(27)32-29(26)31-24)21-8-14-25(15-9-21)34-19-7-18-33(5-2)6-3/h8-10,13-17,20,23H,4-7,11-12,18-19,30H2,1-3H3,(H,31,32). The lowest BCUT2D eigenvalue weighted by molar-refractivity contribution is 0.249. The number of hydrogen-bond donors (Lipinski definition) is 2. The maximum atomic E-state index is 6.08. The molecule has 0 amide bonds. The molecule has 0 fully saturated rings. The van der Waals surface area contributed by atoms with Crippen LogP contribution in [0.25, 0.3) is 33.1 Å². The number of aromatic nitrogens is 2. The summed E-state index contributed by atoms with van der Waals surface area (Å²) < 4.78 is 5.96. The molecule has 0 aliphatic heterocycles. The first-order chi connectivity index (χ1) is 16.6. The van der Waals surface area contributed by atoms with Gasteiger partial charge in [0.15, 0.2) is 0 Å². The van der Waals surface area contributed by atoms with Gasteiger partial charge in [-0.15, -0.1) is 0 Å². The van der Waals surface area contributed by atoms with Crippen molar-refractivity contribution in [1.82, 2.24) is 14.9 Å². The van der Waals surface area contributed by atoms with Crippen LogP contribution in [0.4, 0.5) is 0 Å². The first-order valence-corrected chi connectivity index (χ1v) is 12.7. The molecule has 2 aromatic heterocycles. The number of nitrogens with zero attached hydrogens (tertiary/aromatic N) is 2.